The smallest absolute Gasteiger partial charge is 0.238 e. The van der Waals surface area contributed by atoms with Crippen molar-refractivity contribution in [1.29, 1.82) is 0 Å². The highest BCUT2D eigenvalue weighted by molar-refractivity contribution is 7.89. The van der Waals surface area contributed by atoms with Crippen LogP contribution < -0.4 is 15.7 Å². The van der Waals surface area contributed by atoms with Crippen molar-refractivity contribution in [3.63, 3.8) is 0 Å². The van der Waals surface area contributed by atoms with E-state index in [4.69, 9.17) is 10.3 Å². The zero-order valence-corrected chi connectivity index (χ0v) is 17.6. The number of hydrazone groups is 1. The average molecular weight is 459 g/mol. The summed E-state index contributed by atoms with van der Waals surface area (Å²) in [6.07, 6.45) is 0. The number of nitrogens with one attached hydrogen (secondary N) is 1. The molecule has 0 saturated carbocycles. The van der Waals surface area contributed by atoms with Crippen LogP contribution in [0.4, 0.5) is 11.4 Å². The summed E-state index contributed by atoms with van der Waals surface area (Å²) in [6.45, 7) is 0. The molecule has 0 saturated heterocycles. The quantitative estimate of drug-likeness (QED) is 0.223. The number of amidine groups is 1. The summed E-state index contributed by atoms with van der Waals surface area (Å²) in [5, 5.41) is 22.6. The standard InChI is InChI=1S/C19H18N6O4S2/c20-30(26,27)17-10-6-15(7-11-17)22-24-19(14-4-2-1-3-5-14)25-23-16-8-12-18(13-9-16)31(21,28)29/h1-13,22H,(H2,20,26,27)(H2,21,28,29)/b24-19+,25-23?. The van der Waals surface area contributed by atoms with Gasteiger partial charge in [0.15, 0.2) is 0 Å². The Morgan fingerprint density at radius 2 is 1.23 bits per heavy atom. The molecule has 31 heavy (non-hydrogen) atoms. The number of hydrogen-bond acceptors (Lipinski definition) is 7. The van der Waals surface area contributed by atoms with Crippen LogP contribution >= 0.6 is 0 Å². The minimum Gasteiger partial charge on any atom is -0.276 e. The summed E-state index contributed by atoms with van der Waals surface area (Å²) in [7, 11) is -7.59. The van der Waals surface area contributed by atoms with Gasteiger partial charge in [-0.15, -0.1) is 10.2 Å². The molecule has 0 fully saturated rings. The molecule has 0 bridgehead atoms. The number of sulfonamides is 2. The molecule has 160 valence electrons. The van der Waals surface area contributed by atoms with Crippen LogP contribution in [0.1, 0.15) is 5.56 Å². The molecule has 0 aromatic heterocycles. The second kappa shape index (κ2) is 9.14. The zero-order chi connectivity index (χ0) is 22.5. The Bertz CT molecular complexity index is 1320. The van der Waals surface area contributed by atoms with Crippen LogP contribution in [0.2, 0.25) is 0 Å². The fourth-order valence-corrected chi connectivity index (χ4v) is 3.41. The van der Waals surface area contributed by atoms with Crippen LogP contribution in [-0.2, 0) is 20.0 Å². The molecule has 5 N–H and O–H groups in total. The van der Waals surface area contributed by atoms with E-state index in [-0.39, 0.29) is 15.6 Å². The van der Waals surface area contributed by atoms with Gasteiger partial charge in [0.1, 0.15) is 0 Å². The van der Waals surface area contributed by atoms with Crippen LogP contribution in [0, 0.1) is 0 Å². The molecule has 0 spiro atoms. The Balaban J connectivity index is 1.86. The zero-order valence-electron chi connectivity index (χ0n) is 16.0. The first kappa shape index (κ1) is 22.2. The first-order chi connectivity index (χ1) is 14.6. The van der Waals surface area contributed by atoms with Crippen molar-refractivity contribution in [3.05, 3.63) is 84.4 Å². The van der Waals surface area contributed by atoms with E-state index in [1.165, 1.54) is 48.5 Å². The van der Waals surface area contributed by atoms with E-state index >= 15 is 0 Å². The van der Waals surface area contributed by atoms with E-state index in [0.29, 0.717) is 16.9 Å². The van der Waals surface area contributed by atoms with Gasteiger partial charge in [0, 0.05) is 5.56 Å². The molecule has 0 heterocycles. The largest absolute Gasteiger partial charge is 0.276 e. The van der Waals surface area contributed by atoms with Crippen molar-refractivity contribution in [2.75, 3.05) is 5.43 Å². The van der Waals surface area contributed by atoms with Gasteiger partial charge in [0.25, 0.3) is 0 Å². The Hall–Kier alpha value is -3.45. The molecule has 3 aromatic carbocycles. The molecule has 12 heteroatoms. The number of rotatable bonds is 6. The molecule has 3 aromatic rings. The number of nitrogens with zero attached hydrogens (tertiary/aromatic N) is 3. The first-order valence-electron chi connectivity index (χ1n) is 8.69. The molecule has 0 unspecified atom stereocenters. The first-order valence-corrected chi connectivity index (χ1v) is 11.8. The van der Waals surface area contributed by atoms with Gasteiger partial charge >= 0.3 is 0 Å². The van der Waals surface area contributed by atoms with Gasteiger partial charge in [-0.2, -0.15) is 5.10 Å². The molecule has 3 rings (SSSR count). The summed E-state index contributed by atoms with van der Waals surface area (Å²) in [4.78, 5) is -0.0547. The van der Waals surface area contributed by atoms with E-state index in [2.05, 4.69) is 20.8 Å². The van der Waals surface area contributed by atoms with Gasteiger partial charge < -0.3 is 0 Å². The third-order valence-electron chi connectivity index (χ3n) is 3.93. The number of anilines is 1. The lowest BCUT2D eigenvalue weighted by Crippen LogP contribution is -2.11. The molecule has 0 aliphatic carbocycles. The molecular formula is C19H18N6O4S2. The van der Waals surface area contributed by atoms with Gasteiger partial charge in [-0.25, -0.2) is 27.1 Å². The van der Waals surface area contributed by atoms with Crippen molar-refractivity contribution in [2.24, 2.45) is 25.6 Å². The van der Waals surface area contributed by atoms with Crippen LogP contribution in [0.15, 0.2) is 104 Å². The Morgan fingerprint density at radius 3 is 1.74 bits per heavy atom. The fraction of sp³-hybridized carbons (Fsp3) is 0. The highest BCUT2D eigenvalue weighted by Gasteiger charge is 2.08. The summed E-state index contributed by atoms with van der Waals surface area (Å²) in [5.41, 5.74) is 4.36. The van der Waals surface area contributed by atoms with Crippen molar-refractivity contribution < 1.29 is 16.8 Å². The molecule has 0 aliphatic rings. The lowest BCUT2D eigenvalue weighted by molar-refractivity contribution is 0.596. The van der Waals surface area contributed by atoms with Gasteiger partial charge in [0.2, 0.25) is 25.9 Å². The van der Waals surface area contributed by atoms with Gasteiger partial charge in [-0.3, -0.25) is 5.43 Å². The SMILES string of the molecule is NS(=O)(=O)c1ccc(N=N/C(=N/Nc2ccc(S(N)(=O)=O)cc2)c2ccccc2)cc1. The van der Waals surface area contributed by atoms with Crippen LogP contribution in [-0.4, -0.2) is 22.7 Å². The van der Waals surface area contributed by atoms with Crippen molar-refractivity contribution in [3.8, 4) is 0 Å². The molecule has 0 radical (unpaired) electrons. The molecule has 0 amide bonds. The molecule has 10 nitrogen and oxygen atoms in total. The molecule has 0 aliphatic heterocycles. The van der Waals surface area contributed by atoms with Crippen molar-refractivity contribution in [2.45, 2.75) is 9.79 Å². The van der Waals surface area contributed by atoms with Gasteiger partial charge in [-0.1, -0.05) is 30.3 Å². The van der Waals surface area contributed by atoms with E-state index in [0.717, 1.165) is 0 Å². The van der Waals surface area contributed by atoms with E-state index in [1.54, 1.807) is 12.1 Å². The summed E-state index contributed by atoms with van der Waals surface area (Å²) < 4.78 is 45.4. The number of benzene rings is 3. The molecular weight excluding hydrogens is 440 g/mol. The summed E-state index contributed by atoms with van der Waals surface area (Å²) >= 11 is 0. The summed E-state index contributed by atoms with van der Waals surface area (Å²) in [5.74, 6) is 0.242. The second-order valence-corrected chi connectivity index (χ2v) is 9.34. The lowest BCUT2D eigenvalue weighted by Gasteiger charge is -2.04. The van der Waals surface area contributed by atoms with Crippen LogP contribution in [0.5, 0.6) is 0 Å². The van der Waals surface area contributed by atoms with E-state index < -0.39 is 20.0 Å². The topological polar surface area (TPSA) is 169 Å². The monoisotopic (exact) mass is 458 g/mol. The number of nitrogens with two attached hydrogens (primary N) is 2. The predicted octanol–water partition coefficient (Wildman–Crippen LogP) is 2.54. The third-order valence-corrected chi connectivity index (χ3v) is 5.79. The van der Waals surface area contributed by atoms with Crippen LogP contribution in [0.3, 0.4) is 0 Å². The van der Waals surface area contributed by atoms with Gasteiger partial charge in [0.05, 0.1) is 21.2 Å². The summed E-state index contributed by atoms with van der Waals surface area (Å²) in [6, 6.07) is 20.3. The van der Waals surface area contributed by atoms with Crippen LogP contribution in [0.25, 0.3) is 0 Å². The Morgan fingerprint density at radius 1 is 0.710 bits per heavy atom. The van der Waals surface area contributed by atoms with Gasteiger partial charge in [-0.05, 0) is 48.5 Å². The highest BCUT2D eigenvalue weighted by Crippen LogP contribution is 2.17. The molecule has 0 atom stereocenters. The predicted molar refractivity (Wildman–Crippen MR) is 117 cm³/mol. The number of hydrogen-bond donors (Lipinski definition) is 3. The maximum Gasteiger partial charge on any atom is 0.238 e. The van der Waals surface area contributed by atoms with E-state index in [9.17, 15) is 16.8 Å². The Labute approximate surface area is 179 Å². The number of primary sulfonamides is 2. The second-order valence-electron chi connectivity index (χ2n) is 6.22. The normalized spacial score (nSPS) is 12.8. The van der Waals surface area contributed by atoms with Crippen molar-refractivity contribution >= 4 is 37.3 Å². The minimum atomic E-state index is -3.80. The van der Waals surface area contributed by atoms with Crippen molar-refractivity contribution in [1.82, 2.24) is 0 Å². The average Bonchev–Trinajstić information content (AvgIpc) is 2.74. The third kappa shape index (κ3) is 6.26. The number of azo groups is 1. The Kier molecular flexibility index (Phi) is 6.56. The maximum atomic E-state index is 11.4. The maximum absolute atomic E-state index is 11.4. The fourth-order valence-electron chi connectivity index (χ4n) is 2.38. The lowest BCUT2D eigenvalue weighted by atomic mass is 10.2. The minimum absolute atomic E-state index is 0.0204. The highest BCUT2D eigenvalue weighted by atomic mass is 32.2. The van der Waals surface area contributed by atoms with E-state index in [1.807, 2.05) is 18.2 Å².